The summed E-state index contributed by atoms with van der Waals surface area (Å²) < 4.78 is 9.95. The first-order chi connectivity index (χ1) is 7.63. The van der Waals surface area contributed by atoms with Gasteiger partial charge in [0.25, 0.3) is 0 Å². The van der Waals surface area contributed by atoms with Crippen LogP contribution >= 0.6 is 0 Å². The van der Waals surface area contributed by atoms with Gasteiger partial charge in [0.05, 0.1) is 13.7 Å². The molecule has 0 saturated carbocycles. The van der Waals surface area contributed by atoms with Crippen LogP contribution in [0.5, 0.6) is 5.75 Å². The van der Waals surface area contributed by atoms with Gasteiger partial charge in [-0.25, -0.2) is 4.79 Å². The molecule has 1 rings (SSSR count). The molecule has 4 nitrogen and oxygen atoms in total. The SMILES string of the molecule is COC(=O)NCCOc1ccc(C)cc1C. The van der Waals surface area contributed by atoms with E-state index in [1.165, 1.54) is 12.7 Å². The van der Waals surface area contributed by atoms with Crippen LogP contribution < -0.4 is 10.1 Å². The predicted molar refractivity (Wildman–Crippen MR) is 61.8 cm³/mol. The van der Waals surface area contributed by atoms with Crippen molar-refractivity contribution in [2.24, 2.45) is 0 Å². The Morgan fingerprint density at radius 2 is 2.12 bits per heavy atom. The molecule has 0 spiro atoms. The molecule has 1 amide bonds. The highest BCUT2D eigenvalue weighted by Crippen LogP contribution is 2.18. The molecule has 0 aliphatic rings. The standard InChI is InChI=1S/C12H17NO3/c1-9-4-5-11(10(2)8-9)16-7-6-13-12(14)15-3/h4-5,8H,6-7H2,1-3H3,(H,13,14). The highest BCUT2D eigenvalue weighted by Gasteiger charge is 2.00. The summed E-state index contributed by atoms with van der Waals surface area (Å²) in [6.45, 7) is 4.89. The molecule has 0 atom stereocenters. The Balaban J connectivity index is 2.35. The second-order valence-electron chi connectivity index (χ2n) is 3.54. The summed E-state index contributed by atoms with van der Waals surface area (Å²) in [5, 5.41) is 2.55. The minimum Gasteiger partial charge on any atom is -0.491 e. The van der Waals surface area contributed by atoms with Gasteiger partial charge in [0.15, 0.2) is 0 Å². The Labute approximate surface area is 95.6 Å². The molecule has 88 valence electrons. The van der Waals surface area contributed by atoms with Gasteiger partial charge in [-0.05, 0) is 25.5 Å². The lowest BCUT2D eigenvalue weighted by atomic mass is 10.1. The largest absolute Gasteiger partial charge is 0.491 e. The summed E-state index contributed by atoms with van der Waals surface area (Å²) in [5.74, 6) is 0.845. The van der Waals surface area contributed by atoms with Crippen molar-refractivity contribution in [3.8, 4) is 5.75 Å². The third-order valence-electron chi connectivity index (χ3n) is 2.14. The first-order valence-electron chi connectivity index (χ1n) is 5.15. The summed E-state index contributed by atoms with van der Waals surface area (Å²) in [5.41, 5.74) is 2.30. The lowest BCUT2D eigenvalue weighted by Crippen LogP contribution is -2.27. The summed E-state index contributed by atoms with van der Waals surface area (Å²) in [7, 11) is 1.33. The second-order valence-corrected chi connectivity index (χ2v) is 3.54. The van der Waals surface area contributed by atoms with Crippen molar-refractivity contribution in [2.75, 3.05) is 20.3 Å². The van der Waals surface area contributed by atoms with E-state index in [1.807, 2.05) is 26.0 Å². The smallest absolute Gasteiger partial charge is 0.406 e. The van der Waals surface area contributed by atoms with Gasteiger partial charge >= 0.3 is 6.09 Å². The Bertz CT molecular complexity index is 363. The molecule has 1 aromatic carbocycles. The molecule has 0 unspecified atom stereocenters. The number of ether oxygens (including phenoxy) is 2. The molecule has 0 fully saturated rings. The van der Waals surface area contributed by atoms with Crippen LogP contribution in [-0.2, 0) is 4.74 Å². The maximum absolute atomic E-state index is 10.7. The number of methoxy groups -OCH3 is 1. The first-order valence-corrected chi connectivity index (χ1v) is 5.15. The third kappa shape index (κ3) is 3.81. The molecular weight excluding hydrogens is 206 g/mol. The van der Waals surface area contributed by atoms with Gasteiger partial charge in [-0.1, -0.05) is 17.7 Å². The highest BCUT2D eigenvalue weighted by atomic mass is 16.5. The van der Waals surface area contributed by atoms with Crippen molar-refractivity contribution in [3.05, 3.63) is 29.3 Å². The lowest BCUT2D eigenvalue weighted by Gasteiger charge is -2.09. The molecule has 1 N–H and O–H groups in total. The van der Waals surface area contributed by atoms with E-state index in [4.69, 9.17) is 4.74 Å². The van der Waals surface area contributed by atoms with E-state index in [-0.39, 0.29) is 0 Å². The average Bonchev–Trinajstić information content (AvgIpc) is 2.26. The monoisotopic (exact) mass is 223 g/mol. The van der Waals surface area contributed by atoms with Crippen LogP contribution in [-0.4, -0.2) is 26.4 Å². The number of alkyl carbamates (subject to hydrolysis) is 1. The Kier molecular flexibility index (Phi) is 4.64. The van der Waals surface area contributed by atoms with Gasteiger partial charge in [0, 0.05) is 0 Å². The number of amides is 1. The van der Waals surface area contributed by atoms with Crippen LogP contribution in [0.15, 0.2) is 18.2 Å². The molecule has 0 heterocycles. The van der Waals surface area contributed by atoms with Crippen LogP contribution in [0.25, 0.3) is 0 Å². The zero-order chi connectivity index (χ0) is 12.0. The summed E-state index contributed by atoms with van der Waals surface area (Å²) in [6.07, 6.45) is -0.441. The maximum Gasteiger partial charge on any atom is 0.406 e. The van der Waals surface area contributed by atoms with Gasteiger partial charge in [-0.15, -0.1) is 0 Å². The van der Waals surface area contributed by atoms with Gasteiger partial charge in [-0.3, -0.25) is 0 Å². The Morgan fingerprint density at radius 1 is 1.38 bits per heavy atom. The number of hydrogen-bond donors (Lipinski definition) is 1. The lowest BCUT2D eigenvalue weighted by molar-refractivity contribution is 0.168. The van der Waals surface area contributed by atoms with Crippen molar-refractivity contribution >= 4 is 6.09 Å². The molecule has 0 aliphatic heterocycles. The quantitative estimate of drug-likeness (QED) is 0.794. The minimum atomic E-state index is -0.441. The van der Waals surface area contributed by atoms with E-state index in [0.29, 0.717) is 13.2 Å². The number of nitrogens with one attached hydrogen (secondary N) is 1. The van der Waals surface area contributed by atoms with Crippen LogP contribution in [0.4, 0.5) is 4.79 Å². The summed E-state index contributed by atoms with van der Waals surface area (Å²) in [6, 6.07) is 5.99. The molecule has 0 aromatic heterocycles. The number of carbonyl (C=O) groups is 1. The van der Waals surface area contributed by atoms with Crippen molar-refractivity contribution in [2.45, 2.75) is 13.8 Å². The van der Waals surface area contributed by atoms with E-state index < -0.39 is 6.09 Å². The van der Waals surface area contributed by atoms with E-state index >= 15 is 0 Å². The van der Waals surface area contributed by atoms with Crippen molar-refractivity contribution in [1.29, 1.82) is 0 Å². The molecule has 0 bridgehead atoms. The fourth-order valence-corrected chi connectivity index (χ4v) is 1.35. The first kappa shape index (κ1) is 12.4. The second kappa shape index (κ2) is 6.00. The van der Waals surface area contributed by atoms with Crippen molar-refractivity contribution < 1.29 is 14.3 Å². The van der Waals surface area contributed by atoms with Gasteiger partial charge in [-0.2, -0.15) is 0 Å². The minimum absolute atomic E-state index is 0.430. The van der Waals surface area contributed by atoms with Crippen molar-refractivity contribution in [1.82, 2.24) is 5.32 Å². The molecule has 16 heavy (non-hydrogen) atoms. The normalized spacial score (nSPS) is 9.69. The van der Waals surface area contributed by atoms with E-state index in [0.717, 1.165) is 11.3 Å². The summed E-state index contributed by atoms with van der Waals surface area (Å²) >= 11 is 0. The molecule has 0 aliphatic carbocycles. The van der Waals surface area contributed by atoms with Gasteiger partial charge in [0.1, 0.15) is 12.4 Å². The maximum atomic E-state index is 10.7. The molecule has 1 aromatic rings. The van der Waals surface area contributed by atoms with Crippen LogP contribution in [0.3, 0.4) is 0 Å². The predicted octanol–water partition coefficient (Wildman–Crippen LogP) is 2.04. The highest BCUT2D eigenvalue weighted by molar-refractivity contribution is 5.66. The van der Waals surface area contributed by atoms with E-state index in [1.54, 1.807) is 0 Å². The Morgan fingerprint density at radius 3 is 2.75 bits per heavy atom. The number of rotatable bonds is 4. The molecule has 0 radical (unpaired) electrons. The number of benzene rings is 1. The van der Waals surface area contributed by atoms with E-state index in [9.17, 15) is 4.79 Å². The van der Waals surface area contributed by atoms with Gasteiger partial charge in [0.2, 0.25) is 0 Å². The topological polar surface area (TPSA) is 47.6 Å². The zero-order valence-electron chi connectivity index (χ0n) is 9.87. The van der Waals surface area contributed by atoms with Crippen molar-refractivity contribution in [3.63, 3.8) is 0 Å². The number of hydrogen-bond acceptors (Lipinski definition) is 3. The van der Waals surface area contributed by atoms with Crippen LogP contribution in [0, 0.1) is 13.8 Å². The number of aryl methyl sites for hydroxylation is 2. The number of carbonyl (C=O) groups excluding carboxylic acids is 1. The Hall–Kier alpha value is -1.71. The molecular formula is C12H17NO3. The fourth-order valence-electron chi connectivity index (χ4n) is 1.35. The third-order valence-corrected chi connectivity index (χ3v) is 2.14. The summed E-state index contributed by atoms with van der Waals surface area (Å²) in [4.78, 5) is 10.7. The van der Waals surface area contributed by atoms with E-state index in [2.05, 4.69) is 16.1 Å². The van der Waals surface area contributed by atoms with Gasteiger partial charge < -0.3 is 14.8 Å². The van der Waals surface area contributed by atoms with Crippen LogP contribution in [0.1, 0.15) is 11.1 Å². The molecule has 4 heteroatoms. The average molecular weight is 223 g/mol. The molecule has 0 saturated heterocycles. The fraction of sp³-hybridized carbons (Fsp3) is 0.417. The zero-order valence-corrected chi connectivity index (χ0v) is 9.87. The van der Waals surface area contributed by atoms with Crippen LogP contribution in [0.2, 0.25) is 0 Å².